The predicted octanol–water partition coefficient (Wildman–Crippen LogP) is 2.68. The van der Waals surface area contributed by atoms with Crippen LogP contribution in [0.1, 0.15) is 36.0 Å². The first kappa shape index (κ1) is 15.8. The van der Waals surface area contributed by atoms with E-state index in [0.29, 0.717) is 0 Å². The molecular weight excluding hydrogens is 316 g/mol. The third-order valence-electron chi connectivity index (χ3n) is 3.95. The zero-order chi connectivity index (χ0) is 16.2. The summed E-state index contributed by atoms with van der Waals surface area (Å²) in [5, 5.41) is 3.22. The molecule has 0 aliphatic carbocycles. The number of hydrogen-bond donors (Lipinski definition) is 1. The monoisotopic (exact) mass is 334 g/mol. The number of halogens is 1. The second kappa shape index (κ2) is 7.00. The second-order valence-corrected chi connectivity index (χ2v) is 5.96. The molecule has 1 fully saturated rings. The minimum absolute atomic E-state index is 0.0557. The summed E-state index contributed by atoms with van der Waals surface area (Å²) in [5.74, 6) is 0.917. The van der Waals surface area contributed by atoms with Gasteiger partial charge in [0.05, 0.1) is 0 Å². The van der Waals surface area contributed by atoms with Crippen molar-refractivity contribution in [2.24, 2.45) is 0 Å². The molecule has 1 unspecified atom stereocenters. The maximum absolute atomic E-state index is 12.2. The van der Waals surface area contributed by atoms with E-state index in [1.807, 2.05) is 6.07 Å². The van der Waals surface area contributed by atoms with Gasteiger partial charge in [0.25, 0.3) is 5.91 Å². The van der Waals surface area contributed by atoms with Crippen LogP contribution in [0.2, 0.25) is 5.22 Å². The lowest BCUT2D eigenvalue weighted by molar-refractivity contribution is 0.0905. The fourth-order valence-electron chi connectivity index (χ4n) is 2.75. The Labute approximate surface area is 139 Å². The quantitative estimate of drug-likeness (QED) is 0.930. The van der Waals surface area contributed by atoms with Crippen LogP contribution in [-0.2, 0) is 6.42 Å². The zero-order valence-electron chi connectivity index (χ0n) is 13.0. The summed E-state index contributed by atoms with van der Waals surface area (Å²) < 4.78 is 5.15. The van der Waals surface area contributed by atoms with Crippen LogP contribution in [0.15, 0.2) is 28.9 Å². The lowest BCUT2D eigenvalue weighted by atomic mass is 10.1. The first-order valence-electron chi connectivity index (χ1n) is 7.77. The minimum atomic E-state index is -0.235. The molecule has 0 saturated carbocycles. The highest BCUT2D eigenvalue weighted by atomic mass is 35.5. The topological polar surface area (TPSA) is 71.3 Å². The molecule has 1 amide bonds. The van der Waals surface area contributed by atoms with E-state index < -0.39 is 0 Å². The van der Waals surface area contributed by atoms with E-state index in [9.17, 15) is 4.79 Å². The first-order chi connectivity index (χ1) is 11.2. The van der Waals surface area contributed by atoms with Gasteiger partial charge in [-0.25, -0.2) is 9.97 Å². The molecule has 1 aliphatic heterocycles. The number of carbonyl (C=O) groups excluding carboxylic acids is 1. The van der Waals surface area contributed by atoms with Gasteiger partial charge >= 0.3 is 0 Å². The van der Waals surface area contributed by atoms with Crippen molar-refractivity contribution in [2.45, 2.75) is 32.2 Å². The van der Waals surface area contributed by atoms with Gasteiger partial charge in [0.1, 0.15) is 12.1 Å². The van der Waals surface area contributed by atoms with Gasteiger partial charge < -0.3 is 14.6 Å². The molecule has 1 aliphatic rings. The SMILES string of the molecule is CCc1cc(N2CCCC(NC(=O)c3ccc(Cl)o3)C2)ncn1. The Kier molecular flexibility index (Phi) is 4.81. The summed E-state index contributed by atoms with van der Waals surface area (Å²) in [6.07, 6.45) is 4.40. The third kappa shape index (κ3) is 3.82. The highest BCUT2D eigenvalue weighted by molar-refractivity contribution is 6.29. The molecule has 3 heterocycles. The van der Waals surface area contributed by atoms with Crippen LogP contribution in [0.4, 0.5) is 5.82 Å². The van der Waals surface area contributed by atoms with E-state index in [2.05, 4.69) is 27.1 Å². The van der Waals surface area contributed by atoms with Gasteiger partial charge in [0, 0.05) is 30.9 Å². The van der Waals surface area contributed by atoms with E-state index >= 15 is 0 Å². The van der Waals surface area contributed by atoms with E-state index in [0.717, 1.165) is 43.9 Å². The molecule has 3 rings (SSSR count). The van der Waals surface area contributed by atoms with Crippen LogP contribution in [0.25, 0.3) is 0 Å². The molecule has 0 radical (unpaired) electrons. The van der Waals surface area contributed by atoms with Crippen molar-refractivity contribution < 1.29 is 9.21 Å². The minimum Gasteiger partial charge on any atom is -0.440 e. The maximum Gasteiger partial charge on any atom is 0.287 e. The van der Waals surface area contributed by atoms with Crippen LogP contribution < -0.4 is 10.2 Å². The summed E-state index contributed by atoms with van der Waals surface area (Å²) >= 11 is 5.71. The van der Waals surface area contributed by atoms with Crippen LogP contribution in [0, 0.1) is 0 Å². The van der Waals surface area contributed by atoms with Crippen molar-refractivity contribution in [1.82, 2.24) is 15.3 Å². The van der Waals surface area contributed by atoms with Gasteiger partial charge in [-0.1, -0.05) is 6.92 Å². The molecule has 1 atom stereocenters. The van der Waals surface area contributed by atoms with Crippen LogP contribution in [0.5, 0.6) is 0 Å². The molecule has 0 bridgehead atoms. The van der Waals surface area contributed by atoms with Gasteiger partial charge in [-0.05, 0) is 43.0 Å². The molecule has 1 N–H and O–H groups in total. The Morgan fingerprint density at radius 1 is 1.48 bits per heavy atom. The maximum atomic E-state index is 12.2. The standard InChI is InChI=1S/C16H19ClN4O2/c1-2-11-8-15(19-10-18-11)21-7-3-4-12(9-21)20-16(22)13-5-6-14(17)23-13/h5-6,8,10,12H,2-4,7,9H2,1H3,(H,20,22). The van der Waals surface area contributed by atoms with E-state index in [1.165, 1.54) is 0 Å². The normalized spacial score (nSPS) is 18.0. The van der Waals surface area contributed by atoms with Crippen molar-refractivity contribution in [3.8, 4) is 0 Å². The average molecular weight is 335 g/mol. The van der Waals surface area contributed by atoms with Crippen molar-refractivity contribution in [2.75, 3.05) is 18.0 Å². The molecule has 23 heavy (non-hydrogen) atoms. The number of hydrogen-bond acceptors (Lipinski definition) is 5. The molecule has 7 heteroatoms. The summed E-state index contributed by atoms with van der Waals surface area (Å²) in [7, 11) is 0. The summed E-state index contributed by atoms with van der Waals surface area (Å²) in [6, 6.07) is 5.21. The zero-order valence-corrected chi connectivity index (χ0v) is 13.7. The Bertz CT molecular complexity index is 688. The summed E-state index contributed by atoms with van der Waals surface area (Å²) in [5.41, 5.74) is 1.02. The van der Waals surface area contributed by atoms with E-state index in [-0.39, 0.29) is 22.9 Å². The number of carbonyl (C=O) groups is 1. The summed E-state index contributed by atoms with van der Waals surface area (Å²) in [6.45, 7) is 3.72. The van der Waals surface area contributed by atoms with Gasteiger partial charge in [0.2, 0.25) is 0 Å². The van der Waals surface area contributed by atoms with E-state index in [1.54, 1.807) is 18.5 Å². The number of nitrogens with zero attached hydrogens (tertiary/aromatic N) is 3. The van der Waals surface area contributed by atoms with Crippen LogP contribution in [-0.4, -0.2) is 35.0 Å². The van der Waals surface area contributed by atoms with Gasteiger partial charge in [-0.3, -0.25) is 4.79 Å². The number of nitrogens with one attached hydrogen (secondary N) is 1. The number of amides is 1. The van der Waals surface area contributed by atoms with Gasteiger partial charge in [-0.15, -0.1) is 0 Å². The average Bonchev–Trinajstić information content (AvgIpc) is 3.02. The van der Waals surface area contributed by atoms with Crippen molar-refractivity contribution in [3.05, 3.63) is 41.2 Å². The van der Waals surface area contributed by atoms with Crippen molar-refractivity contribution in [3.63, 3.8) is 0 Å². The van der Waals surface area contributed by atoms with Gasteiger partial charge in [0.15, 0.2) is 11.0 Å². The fraction of sp³-hybridized carbons (Fsp3) is 0.438. The van der Waals surface area contributed by atoms with Crippen molar-refractivity contribution >= 4 is 23.3 Å². The fourth-order valence-corrected chi connectivity index (χ4v) is 2.89. The number of aryl methyl sites for hydroxylation is 1. The second-order valence-electron chi connectivity index (χ2n) is 5.58. The number of furan rings is 1. The number of aromatic nitrogens is 2. The number of piperidine rings is 1. The van der Waals surface area contributed by atoms with Crippen LogP contribution in [0.3, 0.4) is 0 Å². The molecule has 6 nitrogen and oxygen atoms in total. The molecule has 122 valence electrons. The molecule has 0 aromatic carbocycles. The summed E-state index contributed by atoms with van der Waals surface area (Å²) in [4.78, 5) is 22.9. The highest BCUT2D eigenvalue weighted by Gasteiger charge is 2.24. The predicted molar refractivity (Wildman–Crippen MR) is 87.8 cm³/mol. The van der Waals surface area contributed by atoms with Gasteiger partial charge in [-0.2, -0.15) is 0 Å². The Morgan fingerprint density at radius 3 is 3.09 bits per heavy atom. The third-order valence-corrected chi connectivity index (χ3v) is 4.15. The molecule has 1 saturated heterocycles. The molecule has 2 aromatic heterocycles. The lowest BCUT2D eigenvalue weighted by Gasteiger charge is -2.33. The Morgan fingerprint density at radius 2 is 2.35 bits per heavy atom. The number of anilines is 1. The van der Waals surface area contributed by atoms with Crippen molar-refractivity contribution in [1.29, 1.82) is 0 Å². The molecule has 0 spiro atoms. The Hall–Kier alpha value is -2.08. The number of rotatable bonds is 4. The lowest BCUT2D eigenvalue weighted by Crippen LogP contribution is -2.48. The molecular formula is C16H19ClN4O2. The Balaban J connectivity index is 1.64. The highest BCUT2D eigenvalue weighted by Crippen LogP contribution is 2.19. The van der Waals surface area contributed by atoms with E-state index in [4.69, 9.17) is 16.0 Å². The molecule has 2 aromatic rings. The smallest absolute Gasteiger partial charge is 0.287 e. The largest absolute Gasteiger partial charge is 0.440 e. The van der Waals surface area contributed by atoms with Crippen LogP contribution >= 0.6 is 11.6 Å². The first-order valence-corrected chi connectivity index (χ1v) is 8.15.